The molecule has 0 saturated heterocycles. The van der Waals surface area contributed by atoms with Gasteiger partial charge in [-0.2, -0.15) is 0 Å². The molecule has 0 saturated carbocycles. The van der Waals surface area contributed by atoms with Gasteiger partial charge in [-0.1, -0.05) is 243 Å². The molecule has 12 heterocycles. The van der Waals surface area contributed by atoms with Crippen LogP contribution >= 0.6 is 0 Å². The Morgan fingerprint density at radius 2 is 0.555 bits per heavy atom. The molecule has 0 atom stereocenters. The summed E-state index contributed by atoms with van der Waals surface area (Å²) in [5.74, 6) is 0. The van der Waals surface area contributed by atoms with Crippen molar-refractivity contribution in [1.82, 2.24) is 39.9 Å². The van der Waals surface area contributed by atoms with Crippen molar-refractivity contribution in [3.8, 4) is 90.1 Å². The number of benzene rings is 12. The zero-order chi connectivity index (χ0) is 91.4. The van der Waals surface area contributed by atoms with Crippen LogP contribution in [0.1, 0.15) is 50.1 Å². The molecule has 16 heteroatoms. The van der Waals surface area contributed by atoms with E-state index in [0.29, 0.717) is 0 Å². The number of aryl methyl sites for hydroxylation is 9. The van der Waals surface area contributed by atoms with Gasteiger partial charge >= 0.3 is 0 Å². The Labute approximate surface area is 852 Å². The monoisotopic (exact) mass is 2490 g/mol. The number of para-hydroxylation sites is 2. The molecule has 0 fully saturated rings. The molecule has 12 aromatic heterocycles. The van der Waals surface area contributed by atoms with E-state index in [4.69, 9.17) is 17.7 Å². The summed E-state index contributed by atoms with van der Waals surface area (Å²) in [6.45, 7) is 18.7. The molecule has 0 unspecified atom stereocenters. The van der Waals surface area contributed by atoms with Crippen LogP contribution in [0.5, 0.6) is 0 Å². The molecule has 12 nitrogen and oxygen atoms in total. The van der Waals surface area contributed by atoms with Gasteiger partial charge in [0, 0.05) is 152 Å². The first-order valence-corrected chi connectivity index (χ1v) is 43.8. The molecule has 137 heavy (non-hydrogen) atoms. The van der Waals surface area contributed by atoms with Gasteiger partial charge in [-0.25, -0.2) is 0 Å². The van der Waals surface area contributed by atoms with Crippen LogP contribution in [0.4, 0.5) is 0 Å². The van der Waals surface area contributed by atoms with Gasteiger partial charge in [0.15, 0.2) is 0 Å². The average Bonchev–Trinajstić information content (AvgIpc) is 1.63. The first kappa shape index (κ1) is 100. The fourth-order valence-electron chi connectivity index (χ4n) is 15.6. The summed E-state index contributed by atoms with van der Waals surface area (Å²) in [6, 6.07) is 136. The maximum atomic E-state index is 6.09. The van der Waals surface area contributed by atoms with Gasteiger partial charge in [0.05, 0.1) is 22.3 Å². The van der Waals surface area contributed by atoms with Crippen LogP contribution in [-0.4, -0.2) is 39.9 Å². The van der Waals surface area contributed by atoms with E-state index in [1.165, 1.54) is 49.9 Å². The standard InChI is InChI=1S/C19H14NO.3C18H12NO.4C12H10N.4Ir/c1-12-6-7-14-15-4-3-5-16(19(15)21-18(14)11-12)17-10-13(2)8-9-20-17;1-12-6-4-10-16-17(12)14-8-5-7-13(18(14)20-16)15-9-2-3-11-19-15;1-12-9-10-13(15-7-4-5-11-19-15)18-17(12)14-6-2-3-8-16(14)20-18;1-12-10-14-13-6-2-3-8-17(13)20-18(14)15(11-12)16-7-4-5-9-19-16;4*1-10-5-4-6-11(9-10)12-7-2-3-8-13-12;;;;/h3-4,6-11H,1-2H3;2-6,8-11H,1H3;2-9,11H,1H3;2-10H,1H3;4*2-5,7-9H,1H3;;;;/q8*-1;;;;. The van der Waals surface area contributed by atoms with Crippen LogP contribution in [0.15, 0.2) is 401 Å². The predicted octanol–water partition coefficient (Wildman–Crippen LogP) is 30.8. The van der Waals surface area contributed by atoms with E-state index in [0.717, 1.165) is 178 Å². The number of pyridine rings is 8. The van der Waals surface area contributed by atoms with Gasteiger partial charge in [0.1, 0.15) is 22.3 Å². The molecule has 24 aromatic rings. The molecule has 0 spiro atoms. The van der Waals surface area contributed by atoms with E-state index in [9.17, 15) is 0 Å². The molecule has 0 bridgehead atoms. The van der Waals surface area contributed by atoms with Gasteiger partial charge in [-0.05, 0) is 150 Å². The van der Waals surface area contributed by atoms with E-state index in [1.54, 1.807) is 43.4 Å². The molecule has 0 N–H and O–H groups in total. The summed E-state index contributed by atoms with van der Waals surface area (Å²) in [6.07, 6.45) is 14.4. The van der Waals surface area contributed by atoms with Crippen molar-refractivity contribution in [2.24, 2.45) is 0 Å². The van der Waals surface area contributed by atoms with Gasteiger partial charge < -0.3 is 57.5 Å². The molecule has 12 aromatic carbocycles. The SMILES string of the molecule is Cc1[c-]c(-c2ccccn2)c2oc3ccccc3c2c1.Cc1c[c-]c(-c2ccccn2)c2oc3ccccc3c12.Cc1cc[c-]c(-c2ccccn2)c1.Cc1cc[c-]c(-c2ccccn2)c1.Cc1cc[c-]c(-c2ccccn2)c1.Cc1cc[c-]c(-c2ccccn2)c1.Cc1cccc2oc3c(-c4ccccn4)[c-]ccc3c12.Cc1ccnc(-c2[c-]ccc3c2oc2cc(C)ccc23)c1.[Ir].[Ir].[Ir].[Ir]. The Morgan fingerprint density at radius 1 is 0.204 bits per heavy atom. The summed E-state index contributed by atoms with van der Waals surface area (Å²) >= 11 is 0. The number of furan rings is 4. The third-order valence-electron chi connectivity index (χ3n) is 22.0. The second-order valence-corrected chi connectivity index (χ2v) is 32.0. The molecule has 24 rings (SSSR count). The van der Waals surface area contributed by atoms with E-state index in [1.807, 2.05) is 262 Å². The quantitative estimate of drug-likeness (QED) is 0.133. The topological polar surface area (TPSA) is 156 Å². The molecule has 682 valence electrons. The Morgan fingerprint density at radius 3 is 1.02 bits per heavy atom. The summed E-state index contributed by atoms with van der Waals surface area (Å²) in [5, 5.41) is 9.10. The van der Waals surface area contributed by atoms with Crippen LogP contribution in [0, 0.1) is 111 Å². The van der Waals surface area contributed by atoms with Crippen LogP contribution in [0.2, 0.25) is 0 Å². The van der Waals surface area contributed by atoms with Crippen molar-refractivity contribution in [3.05, 3.63) is 482 Å². The van der Waals surface area contributed by atoms with Crippen LogP contribution in [0.25, 0.3) is 178 Å². The van der Waals surface area contributed by atoms with Gasteiger partial charge in [0.25, 0.3) is 0 Å². The maximum Gasteiger partial charge on any atom is 0.121 e. The molecule has 0 aliphatic carbocycles. The van der Waals surface area contributed by atoms with E-state index in [2.05, 4.69) is 229 Å². The smallest absolute Gasteiger partial charge is 0.121 e. The molecule has 0 amide bonds. The average molecular weight is 2490 g/mol. The van der Waals surface area contributed by atoms with Crippen molar-refractivity contribution < 1.29 is 98.1 Å². The van der Waals surface area contributed by atoms with Crippen molar-refractivity contribution in [1.29, 1.82) is 0 Å². The van der Waals surface area contributed by atoms with Gasteiger partial charge in [0.2, 0.25) is 0 Å². The Kier molecular flexibility index (Phi) is 35.2. The zero-order valence-electron chi connectivity index (χ0n) is 76.4. The fraction of sp³-hybridized carbons (Fsp3) is 0.0744. The number of fused-ring (bicyclic) bond motifs is 12. The van der Waals surface area contributed by atoms with Crippen molar-refractivity contribution in [3.63, 3.8) is 0 Å². The largest absolute Gasteiger partial charge is 0.501 e. The van der Waals surface area contributed by atoms with Crippen LogP contribution < -0.4 is 0 Å². The van der Waals surface area contributed by atoms with Crippen LogP contribution in [-0.2, 0) is 80.4 Å². The predicted molar refractivity (Wildman–Crippen MR) is 540 cm³/mol. The summed E-state index contributed by atoms with van der Waals surface area (Å²) in [7, 11) is 0. The number of aromatic nitrogens is 8. The second kappa shape index (κ2) is 48.2. The minimum Gasteiger partial charge on any atom is -0.501 e. The number of nitrogens with zero attached hydrogens (tertiary/aromatic N) is 8. The van der Waals surface area contributed by atoms with E-state index in [-0.39, 0.29) is 80.4 Å². The van der Waals surface area contributed by atoms with Crippen LogP contribution in [0.3, 0.4) is 0 Å². The second-order valence-electron chi connectivity index (χ2n) is 32.0. The maximum absolute atomic E-state index is 6.09. The van der Waals surface area contributed by atoms with E-state index < -0.39 is 0 Å². The Hall–Kier alpha value is -14.4. The molecular formula is C121H90Ir4N8O4-8. The summed E-state index contributed by atoms with van der Waals surface area (Å²) < 4.78 is 24.2. The zero-order valence-corrected chi connectivity index (χ0v) is 86.0. The first-order valence-electron chi connectivity index (χ1n) is 43.8. The third kappa shape index (κ3) is 24.7. The van der Waals surface area contributed by atoms with Gasteiger partial charge in [-0.3, -0.25) is 0 Å². The number of hydrogen-bond acceptors (Lipinski definition) is 12. The number of hydrogen-bond donors (Lipinski definition) is 0. The minimum absolute atomic E-state index is 0. The first-order chi connectivity index (χ1) is 65.2. The van der Waals surface area contributed by atoms with E-state index >= 15 is 0 Å². The fourth-order valence-corrected chi connectivity index (χ4v) is 15.6. The molecule has 0 aliphatic heterocycles. The summed E-state index contributed by atoms with van der Waals surface area (Å²) in [5.41, 5.74) is 33.2. The summed E-state index contributed by atoms with van der Waals surface area (Å²) in [4.78, 5) is 34.7. The van der Waals surface area contributed by atoms with Gasteiger partial charge in [-0.15, -0.1) is 213 Å². The Balaban J connectivity index is 0.000000133. The molecular weight excluding hydrogens is 2400 g/mol. The third-order valence-corrected chi connectivity index (χ3v) is 22.0. The van der Waals surface area contributed by atoms with Crippen molar-refractivity contribution in [2.75, 3.05) is 0 Å². The molecule has 4 radical (unpaired) electrons. The van der Waals surface area contributed by atoms with Crippen molar-refractivity contribution in [2.45, 2.75) is 62.3 Å². The number of rotatable bonds is 8. The molecule has 0 aliphatic rings. The minimum atomic E-state index is 0. The Bertz CT molecular complexity index is 7740. The van der Waals surface area contributed by atoms with Crippen molar-refractivity contribution >= 4 is 87.8 Å². The normalized spacial score (nSPS) is 10.4.